The van der Waals surface area contributed by atoms with Gasteiger partial charge in [0.15, 0.2) is 0 Å². The number of halogens is 2. The van der Waals surface area contributed by atoms with E-state index in [0.717, 1.165) is 0 Å². The smallest absolute Gasteiger partial charge is 0.320 e. The first-order chi connectivity index (χ1) is 8.19. The number of benzene rings is 1. The van der Waals surface area contributed by atoms with Crippen molar-refractivity contribution in [2.45, 2.75) is 6.54 Å². The Bertz CT molecular complexity index is 515. The zero-order chi connectivity index (χ0) is 12.3. The highest BCUT2D eigenvalue weighted by Crippen LogP contribution is 2.27. The fraction of sp³-hybridized carbons (Fsp3) is 0.200. The second-order valence-corrected chi connectivity index (χ2v) is 4.12. The van der Waals surface area contributed by atoms with Gasteiger partial charge in [-0.2, -0.15) is 0 Å². The molecule has 0 amide bonds. The van der Waals surface area contributed by atoms with Crippen LogP contribution in [0.3, 0.4) is 0 Å². The third-order valence-corrected chi connectivity index (χ3v) is 2.53. The molecule has 1 aromatic carbocycles. The molecule has 0 aliphatic carbocycles. The van der Waals surface area contributed by atoms with Gasteiger partial charge in [0.1, 0.15) is 0 Å². The van der Waals surface area contributed by atoms with Crippen LogP contribution in [0.2, 0.25) is 10.0 Å². The summed E-state index contributed by atoms with van der Waals surface area (Å²) in [4.78, 5) is 0. The van der Waals surface area contributed by atoms with E-state index in [0.29, 0.717) is 28.2 Å². The molecule has 0 aliphatic heterocycles. The lowest BCUT2D eigenvalue weighted by Gasteiger charge is -2.03. The van der Waals surface area contributed by atoms with E-state index >= 15 is 0 Å². The van der Waals surface area contributed by atoms with Crippen LogP contribution < -0.4 is 10.6 Å². The van der Waals surface area contributed by atoms with Gasteiger partial charge >= 0.3 is 6.01 Å². The third kappa shape index (κ3) is 3.09. The van der Waals surface area contributed by atoms with Crippen LogP contribution in [0.5, 0.6) is 0 Å². The van der Waals surface area contributed by atoms with Crippen molar-refractivity contribution < 1.29 is 4.42 Å². The van der Waals surface area contributed by atoms with Crippen molar-refractivity contribution in [1.82, 2.24) is 15.5 Å². The first-order valence-corrected chi connectivity index (χ1v) is 5.63. The zero-order valence-electron chi connectivity index (χ0n) is 9.00. The Balaban J connectivity index is 2.16. The number of aromatic nitrogens is 2. The van der Waals surface area contributed by atoms with Gasteiger partial charge in [0.25, 0.3) is 0 Å². The molecule has 2 N–H and O–H groups in total. The van der Waals surface area contributed by atoms with E-state index in [1.54, 1.807) is 25.2 Å². The summed E-state index contributed by atoms with van der Waals surface area (Å²) in [6, 6.07) is 5.36. The third-order valence-electron chi connectivity index (χ3n) is 1.96. The number of nitrogens with one attached hydrogen (secondary N) is 2. The summed E-state index contributed by atoms with van der Waals surface area (Å²) in [6.07, 6.45) is 0. The van der Waals surface area contributed by atoms with Crippen LogP contribution in [0, 0.1) is 0 Å². The molecule has 0 saturated carbocycles. The van der Waals surface area contributed by atoms with E-state index in [9.17, 15) is 0 Å². The van der Waals surface area contributed by atoms with Crippen molar-refractivity contribution in [2.75, 3.05) is 12.4 Å². The van der Waals surface area contributed by atoms with Crippen LogP contribution in [0.15, 0.2) is 22.6 Å². The minimum absolute atomic E-state index is 0.277. The van der Waals surface area contributed by atoms with Crippen LogP contribution in [-0.4, -0.2) is 17.2 Å². The fourth-order valence-corrected chi connectivity index (χ4v) is 1.57. The van der Waals surface area contributed by atoms with Crippen molar-refractivity contribution in [1.29, 1.82) is 0 Å². The summed E-state index contributed by atoms with van der Waals surface area (Å²) in [6.45, 7) is 0.512. The maximum atomic E-state index is 5.99. The van der Waals surface area contributed by atoms with Gasteiger partial charge in [0.05, 0.1) is 17.3 Å². The minimum atomic E-state index is 0.277. The Morgan fingerprint density at radius 1 is 1.29 bits per heavy atom. The number of nitrogens with zero attached hydrogens (tertiary/aromatic N) is 2. The van der Waals surface area contributed by atoms with Gasteiger partial charge in [0.2, 0.25) is 5.89 Å². The average Bonchev–Trinajstić information content (AvgIpc) is 2.72. The Kier molecular flexibility index (Phi) is 3.83. The summed E-state index contributed by atoms with van der Waals surface area (Å²) < 4.78 is 5.33. The monoisotopic (exact) mass is 272 g/mol. The van der Waals surface area contributed by atoms with Gasteiger partial charge in [-0.05, 0) is 25.2 Å². The van der Waals surface area contributed by atoms with Crippen LogP contribution >= 0.6 is 23.2 Å². The van der Waals surface area contributed by atoms with Crippen LogP contribution in [0.25, 0.3) is 0 Å². The molecule has 17 heavy (non-hydrogen) atoms. The molecule has 1 aromatic heterocycles. The second kappa shape index (κ2) is 5.35. The van der Waals surface area contributed by atoms with E-state index < -0.39 is 0 Å². The summed E-state index contributed by atoms with van der Waals surface area (Å²) in [5, 5.41) is 14.6. The summed E-state index contributed by atoms with van der Waals surface area (Å²) >= 11 is 11.9. The molecule has 5 nitrogen and oxygen atoms in total. The maximum Gasteiger partial charge on any atom is 0.320 e. The molecule has 0 saturated heterocycles. The molecule has 0 fully saturated rings. The minimum Gasteiger partial charge on any atom is -0.406 e. The maximum absolute atomic E-state index is 5.99. The highest BCUT2D eigenvalue weighted by molar-refractivity contribution is 6.35. The molecule has 0 bridgehead atoms. The largest absolute Gasteiger partial charge is 0.406 e. The van der Waals surface area contributed by atoms with Gasteiger partial charge in [-0.25, -0.2) is 0 Å². The molecule has 0 aliphatic rings. The predicted octanol–water partition coefficient (Wildman–Crippen LogP) is 2.84. The van der Waals surface area contributed by atoms with Crippen molar-refractivity contribution in [3.05, 3.63) is 34.1 Å². The molecule has 90 valence electrons. The lowest BCUT2D eigenvalue weighted by Crippen LogP contribution is -2.04. The highest BCUT2D eigenvalue weighted by Gasteiger charge is 2.07. The summed E-state index contributed by atoms with van der Waals surface area (Å²) in [5.74, 6) is 0.494. The average molecular weight is 273 g/mol. The van der Waals surface area contributed by atoms with E-state index in [1.807, 2.05) is 0 Å². The molecular weight excluding hydrogens is 263 g/mol. The SMILES string of the molecule is CNCc1nnc(Nc2cc(Cl)ccc2Cl)o1. The zero-order valence-corrected chi connectivity index (χ0v) is 10.5. The molecule has 7 heteroatoms. The van der Waals surface area contributed by atoms with Gasteiger partial charge in [0, 0.05) is 5.02 Å². The summed E-state index contributed by atoms with van der Waals surface area (Å²) in [5.41, 5.74) is 0.624. The van der Waals surface area contributed by atoms with Gasteiger partial charge in [-0.3, -0.25) is 0 Å². The Morgan fingerprint density at radius 3 is 2.88 bits per heavy atom. The Morgan fingerprint density at radius 2 is 2.12 bits per heavy atom. The highest BCUT2D eigenvalue weighted by atomic mass is 35.5. The normalized spacial score (nSPS) is 10.5. The molecule has 2 rings (SSSR count). The number of hydrogen-bond donors (Lipinski definition) is 2. The van der Waals surface area contributed by atoms with Crippen molar-refractivity contribution in [2.24, 2.45) is 0 Å². The topological polar surface area (TPSA) is 63.0 Å². The van der Waals surface area contributed by atoms with E-state index in [4.69, 9.17) is 27.6 Å². The molecule has 1 heterocycles. The van der Waals surface area contributed by atoms with Crippen molar-refractivity contribution in [3.8, 4) is 0 Å². The van der Waals surface area contributed by atoms with E-state index in [-0.39, 0.29) is 6.01 Å². The number of anilines is 2. The molecule has 0 unspecified atom stereocenters. The van der Waals surface area contributed by atoms with Gasteiger partial charge in [-0.15, -0.1) is 5.10 Å². The lowest BCUT2D eigenvalue weighted by molar-refractivity contribution is 0.493. The van der Waals surface area contributed by atoms with Gasteiger partial charge in [-0.1, -0.05) is 28.3 Å². The van der Waals surface area contributed by atoms with Crippen LogP contribution in [0.4, 0.5) is 11.7 Å². The predicted molar refractivity (Wildman–Crippen MR) is 66.8 cm³/mol. The second-order valence-electron chi connectivity index (χ2n) is 3.28. The molecular formula is C10H10Cl2N4O. The quantitative estimate of drug-likeness (QED) is 0.896. The number of rotatable bonds is 4. The van der Waals surface area contributed by atoms with Crippen LogP contribution in [0.1, 0.15) is 5.89 Å². The number of hydrogen-bond acceptors (Lipinski definition) is 5. The first-order valence-electron chi connectivity index (χ1n) is 4.88. The molecule has 2 aromatic rings. The Labute approximate surface area is 108 Å². The van der Waals surface area contributed by atoms with E-state index in [1.165, 1.54) is 0 Å². The molecule has 0 spiro atoms. The molecule has 0 atom stereocenters. The molecule has 0 radical (unpaired) electrons. The van der Waals surface area contributed by atoms with E-state index in [2.05, 4.69) is 20.8 Å². The Hall–Kier alpha value is -1.30. The van der Waals surface area contributed by atoms with Crippen LogP contribution in [-0.2, 0) is 6.54 Å². The lowest BCUT2D eigenvalue weighted by atomic mass is 10.3. The van der Waals surface area contributed by atoms with Gasteiger partial charge < -0.3 is 15.1 Å². The first kappa shape index (κ1) is 12.2. The summed E-state index contributed by atoms with van der Waals surface area (Å²) in [7, 11) is 1.80. The van der Waals surface area contributed by atoms with Crippen molar-refractivity contribution >= 4 is 34.9 Å². The fourth-order valence-electron chi connectivity index (χ4n) is 1.24. The van der Waals surface area contributed by atoms with Crippen molar-refractivity contribution in [3.63, 3.8) is 0 Å². The standard InChI is InChI=1S/C10H10Cl2N4O/c1-13-5-9-15-16-10(17-9)14-8-4-6(11)2-3-7(8)12/h2-4,13H,5H2,1H3,(H,14,16).